The molecule has 0 atom stereocenters. The van der Waals surface area contributed by atoms with Crippen molar-refractivity contribution in [2.45, 2.75) is 11.9 Å². The lowest BCUT2D eigenvalue weighted by Crippen LogP contribution is -2.16. The predicted molar refractivity (Wildman–Crippen MR) is 58.8 cm³/mol. The van der Waals surface area contributed by atoms with Crippen LogP contribution in [0.4, 0.5) is 0 Å². The van der Waals surface area contributed by atoms with Gasteiger partial charge in [0.05, 0.1) is 12.9 Å². The molecule has 0 fully saturated rings. The van der Waals surface area contributed by atoms with Gasteiger partial charge < -0.3 is 9.55 Å². The third-order valence-corrected chi connectivity index (χ3v) is 2.57. The Kier molecular flexibility index (Phi) is 2.96. The van der Waals surface area contributed by atoms with Crippen LogP contribution in [0.25, 0.3) is 0 Å². The number of H-pyrrole nitrogens is 1. The zero-order valence-electron chi connectivity index (χ0n) is 7.85. The summed E-state index contributed by atoms with van der Waals surface area (Å²) in [6.45, 7) is 0.526. The highest BCUT2D eigenvalue weighted by Crippen LogP contribution is 1.98. The highest BCUT2D eigenvalue weighted by Gasteiger charge is 2.01. The van der Waals surface area contributed by atoms with Crippen LogP contribution in [0.1, 0.15) is 11.4 Å². The van der Waals surface area contributed by atoms with Gasteiger partial charge in [0.25, 0.3) is 5.56 Å². The molecule has 2 aromatic rings. The lowest BCUT2D eigenvalue weighted by atomic mass is 10.4. The standard InChI is InChI=1S/C9H9BrN4O/c10-3-7-4-12-8(13-9(7)15)5-14-2-1-11-6-14/h1-2,4,6H,3,5H2,(H,12,13,15). The SMILES string of the molecule is O=c1[nH]c(Cn2ccnc2)ncc1CBr. The van der Waals surface area contributed by atoms with Crippen LogP contribution < -0.4 is 5.56 Å². The molecule has 2 heterocycles. The van der Waals surface area contributed by atoms with E-state index in [1.165, 1.54) is 0 Å². The first-order chi connectivity index (χ1) is 7.29. The number of alkyl halides is 1. The molecule has 0 aromatic carbocycles. The maximum Gasteiger partial charge on any atom is 0.254 e. The van der Waals surface area contributed by atoms with Crippen molar-refractivity contribution in [2.75, 3.05) is 0 Å². The van der Waals surface area contributed by atoms with Crippen LogP contribution in [0.2, 0.25) is 0 Å². The molecule has 6 heteroatoms. The van der Waals surface area contributed by atoms with E-state index in [4.69, 9.17) is 0 Å². The number of rotatable bonds is 3. The fourth-order valence-corrected chi connectivity index (χ4v) is 1.59. The first-order valence-electron chi connectivity index (χ1n) is 4.38. The summed E-state index contributed by atoms with van der Waals surface area (Å²) in [4.78, 5) is 22.2. The summed E-state index contributed by atoms with van der Waals surface area (Å²) in [5, 5.41) is 0.515. The Morgan fingerprint density at radius 1 is 1.53 bits per heavy atom. The monoisotopic (exact) mass is 268 g/mol. The molecule has 78 valence electrons. The molecule has 2 aromatic heterocycles. The number of halogens is 1. The number of nitrogens with zero attached hydrogens (tertiary/aromatic N) is 3. The minimum Gasteiger partial charge on any atom is -0.330 e. The van der Waals surface area contributed by atoms with Gasteiger partial charge in [-0.05, 0) is 0 Å². The maximum atomic E-state index is 11.4. The lowest BCUT2D eigenvalue weighted by molar-refractivity contribution is 0.735. The van der Waals surface area contributed by atoms with Gasteiger partial charge >= 0.3 is 0 Å². The summed E-state index contributed by atoms with van der Waals surface area (Å²) in [5.74, 6) is 0.628. The van der Waals surface area contributed by atoms with Crippen molar-refractivity contribution in [3.8, 4) is 0 Å². The Bertz CT molecular complexity index is 491. The van der Waals surface area contributed by atoms with Crippen LogP contribution in [0, 0.1) is 0 Å². The van der Waals surface area contributed by atoms with E-state index in [1.807, 2.05) is 10.8 Å². The Hall–Kier alpha value is -1.43. The fourth-order valence-electron chi connectivity index (χ4n) is 1.19. The molecule has 0 spiro atoms. The Balaban J connectivity index is 2.24. The van der Waals surface area contributed by atoms with E-state index in [0.717, 1.165) is 0 Å². The highest BCUT2D eigenvalue weighted by atomic mass is 79.9. The van der Waals surface area contributed by atoms with Crippen molar-refractivity contribution in [1.82, 2.24) is 19.5 Å². The summed E-state index contributed by atoms with van der Waals surface area (Å²) in [6, 6.07) is 0. The fraction of sp³-hybridized carbons (Fsp3) is 0.222. The Morgan fingerprint density at radius 2 is 2.40 bits per heavy atom. The third-order valence-electron chi connectivity index (χ3n) is 1.96. The van der Waals surface area contributed by atoms with Crippen LogP contribution >= 0.6 is 15.9 Å². The van der Waals surface area contributed by atoms with Crippen molar-refractivity contribution >= 4 is 15.9 Å². The van der Waals surface area contributed by atoms with Gasteiger partial charge in [-0.2, -0.15) is 0 Å². The molecule has 0 aliphatic heterocycles. The van der Waals surface area contributed by atoms with Gasteiger partial charge in [0, 0.05) is 29.5 Å². The smallest absolute Gasteiger partial charge is 0.254 e. The Morgan fingerprint density at radius 3 is 3.00 bits per heavy atom. The molecule has 0 saturated carbocycles. The first kappa shape index (κ1) is 10.1. The molecule has 0 bridgehead atoms. The lowest BCUT2D eigenvalue weighted by Gasteiger charge is -2.01. The number of hydrogen-bond acceptors (Lipinski definition) is 3. The molecule has 0 amide bonds. The van der Waals surface area contributed by atoms with Gasteiger partial charge in [-0.1, -0.05) is 15.9 Å². The number of nitrogens with one attached hydrogen (secondary N) is 1. The summed E-state index contributed by atoms with van der Waals surface area (Å²) in [6.07, 6.45) is 6.77. The van der Waals surface area contributed by atoms with Gasteiger partial charge in [0.1, 0.15) is 5.82 Å². The van der Waals surface area contributed by atoms with Crippen molar-refractivity contribution in [3.05, 3.63) is 46.7 Å². The van der Waals surface area contributed by atoms with E-state index in [1.54, 1.807) is 18.7 Å². The van der Waals surface area contributed by atoms with Crippen LogP contribution in [0.3, 0.4) is 0 Å². The maximum absolute atomic E-state index is 11.4. The van der Waals surface area contributed by atoms with Crippen LogP contribution in [0.15, 0.2) is 29.7 Å². The van der Waals surface area contributed by atoms with Crippen LogP contribution in [-0.2, 0) is 11.9 Å². The summed E-state index contributed by atoms with van der Waals surface area (Å²) in [5.41, 5.74) is 0.529. The van der Waals surface area contributed by atoms with Crippen LogP contribution in [-0.4, -0.2) is 19.5 Å². The normalized spacial score (nSPS) is 10.5. The number of aromatic amines is 1. The molecule has 1 N–H and O–H groups in total. The van der Waals surface area contributed by atoms with E-state index in [9.17, 15) is 4.79 Å². The molecular weight excluding hydrogens is 260 g/mol. The minimum absolute atomic E-state index is 0.100. The average molecular weight is 269 g/mol. The van der Waals surface area contributed by atoms with Crippen molar-refractivity contribution in [2.24, 2.45) is 0 Å². The van der Waals surface area contributed by atoms with E-state index in [-0.39, 0.29) is 5.56 Å². The number of hydrogen-bond donors (Lipinski definition) is 1. The van der Waals surface area contributed by atoms with E-state index in [0.29, 0.717) is 23.3 Å². The minimum atomic E-state index is -0.100. The number of imidazole rings is 1. The van der Waals surface area contributed by atoms with Crippen LogP contribution in [0.5, 0.6) is 0 Å². The molecule has 0 unspecified atom stereocenters. The molecule has 2 rings (SSSR count). The molecule has 0 saturated heterocycles. The molecular formula is C9H9BrN4O. The second kappa shape index (κ2) is 4.39. The topological polar surface area (TPSA) is 63.6 Å². The number of aromatic nitrogens is 4. The van der Waals surface area contributed by atoms with Gasteiger partial charge in [0.15, 0.2) is 0 Å². The molecule has 15 heavy (non-hydrogen) atoms. The van der Waals surface area contributed by atoms with Gasteiger partial charge in [-0.25, -0.2) is 9.97 Å². The van der Waals surface area contributed by atoms with Crippen molar-refractivity contribution < 1.29 is 0 Å². The zero-order valence-corrected chi connectivity index (χ0v) is 9.44. The zero-order chi connectivity index (χ0) is 10.7. The molecule has 0 aliphatic rings. The predicted octanol–water partition coefficient (Wildman–Crippen LogP) is 0.910. The molecule has 0 radical (unpaired) electrons. The quantitative estimate of drug-likeness (QED) is 0.842. The molecule has 0 aliphatic carbocycles. The Labute approximate surface area is 94.3 Å². The largest absolute Gasteiger partial charge is 0.330 e. The summed E-state index contributed by atoms with van der Waals surface area (Å²) >= 11 is 3.22. The van der Waals surface area contributed by atoms with Crippen molar-refractivity contribution in [3.63, 3.8) is 0 Å². The molecule has 5 nitrogen and oxygen atoms in total. The van der Waals surface area contributed by atoms with Gasteiger partial charge in [0.2, 0.25) is 0 Å². The van der Waals surface area contributed by atoms with Crippen molar-refractivity contribution in [1.29, 1.82) is 0 Å². The second-order valence-corrected chi connectivity index (χ2v) is 3.61. The summed E-state index contributed by atoms with van der Waals surface area (Å²) in [7, 11) is 0. The van der Waals surface area contributed by atoms with E-state index in [2.05, 4.69) is 30.9 Å². The average Bonchev–Trinajstić information content (AvgIpc) is 2.71. The van der Waals surface area contributed by atoms with Gasteiger partial charge in [-0.3, -0.25) is 4.79 Å². The summed E-state index contributed by atoms with van der Waals surface area (Å²) < 4.78 is 1.84. The highest BCUT2D eigenvalue weighted by molar-refractivity contribution is 9.08. The first-order valence-corrected chi connectivity index (χ1v) is 5.50. The second-order valence-electron chi connectivity index (χ2n) is 3.05. The van der Waals surface area contributed by atoms with E-state index >= 15 is 0 Å². The third kappa shape index (κ3) is 2.33. The van der Waals surface area contributed by atoms with Gasteiger partial charge in [-0.15, -0.1) is 0 Å². The van der Waals surface area contributed by atoms with E-state index < -0.39 is 0 Å².